The van der Waals surface area contributed by atoms with E-state index >= 15 is 0 Å². The number of hydrogen-bond acceptors (Lipinski definition) is 5. The number of unbranched alkanes of at least 4 members (excludes halogenated alkanes) is 31. The Kier molecular flexibility index (Phi) is 48.8. The fraction of sp³-hybridized carbons (Fsp3) is 0.814. The predicted octanol–water partition coefficient (Wildman–Crippen LogP) is 17.3. The van der Waals surface area contributed by atoms with Gasteiger partial charge in [-0.15, -0.1) is 0 Å². The first-order chi connectivity index (χ1) is 33.0. The second kappa shape index (κ2) is 50.2. The molecule has 3 atom stereocenters. The van der Waals surface area contributed by atoms with Crippen LogP contribution in [0.4, 0.5) is 0 Å². The van der Waals surface area contributed by atoms with Gasteiger partial charge in [-0.2, -0.15) is 0 Å². The van der Waals surface area contributed by atoms with Crippen molar-refractivity contribution in [3.05, 3.63) is 60.8 Å². The second-order valence-corrected chi connectivity index (χ2v) is 22.1. The number of phosphoric acid groups is 1. The van der Waals surface area contributed by atoms with Crippen LogP contribution in [0.25, 0.3) is 0 Å². The van der Waals surface area contributed by atoms with Crippen LogP contribution in [-0.2, 0) is 18.4 Å². The SMILES string of the molecule is CCCCCCC/C=C\C/C=C\CCCCCCCCCCCCCCCC(=O)NC(COP(=O)(O)OCC[N+](C)(C)C)C(O)/C=C/CC/C=C/CC/C=C/CCCCCCCCCCCCC. The van der Waals surface area contributed by atoms with Gasteiger partial charge in [0.1, 0.15) is 13.2 Å². The number of rotatable bonds is 52. The Morgan fingerprint density at radius 1 is 0.500 bits per heavy atom. The zero-order chi connectivity index (χ0) is 49.9. The third-order valence-electron chi connectivity index (χ3n) is 12.7. The number of aliphatic hydroxyl groups excluding tert-OH is 1. The molecule has 0 aliphatic rings. The Hall–Kier alpha value is -1.80. The van der Waals surface area contributed by atoms with Gasteiger partial charge in [-0.25, -0.2) is 4.57 Å². The lowest BCUT2D eigenvalue weighted by molar-refractivity contribution is -0.870. The standard InChI is InChI=1S/C59H111N2O6P/c1-6-8-10-12-14-16-18-20-22-24-26-28-29-30-31-33-35-37-39-41-43-45-47-49-51-53-59(63)60-57(56-67-68(64,65)66-55-54-61(3,4)5)58(62)52-50-48-46-44-42-40-38-36-34-32-27-25-23-21-19-17-15-13-11-9-7-2/h18,20,24,26,34,36,42,44,50,52,57-58,62H,6-17,19,21-23,25,27-33,35,37-41,43,45-49,51,53-56H2,1-5H3,(H-,60,63,64,65)/p+1/b20-18-,26-24-,36-34+,44-42+,52-50+. The normalized spacial score (nSPS) is 14.4. The van der Waals surface area contributed by atoms with Crippen molar-refractivity contribution in [1.29, 1.82) is 0 Å². The molecule has 398 valence electrons. The van der Waals surface area contributed by atoms with Crippen LogP contribution in [0, 0.1) is 0 Å². The summed E-state index contributed by atoms with van der Waals surface area (Å²) in [5.41, 5.74) is 0. The summed E-state index contributed by atoms with van der Waals surface area (Å²) in [4.78, 5) is 23.3. The molecule has 0 saturated heterocycles. The third-order valence-corrected chi connectivity index (χ3v) is 13.7. The molecule has 0 spiro atoms. The van der Waals surface area contributed by atoms with E-state index in [2.05, 4.69) is 67.8 Å². The third kappa shape index (κ3) is 52.0. The molecule has 0 bridgehead atoms. The van der Waals surface area contributed by atoms with E-state index in [9.17, 15) is 19.4 Å². The molecule has 0 radical (unpaired) electrons. The van der Waals surface area contributed by atoms with Crippen molar-refractivity contribution in [2.45, 2.75) is 270 Å². The Labute approximate surface area is 422 Å². The van der Waals surface area contributed by atoms with Gasteiger partial charge in [-0.3, -0.25) is 13.8 Å². The lowest BCUT2D eigenvalue weighted by Crippen LogP contribution is -2.45. The predicted molar refractivity (Wildman–Crippen MR) is 295 cm³/mol. The summed E-state index contributed by atoms with van der Waals surface area (Å²) in [6.45, 7) is 4.79. The first-order valence-corrected chi connectivity index (χ1v) is 30.2. The molecule has 0 aromatic heterocycles. The molecular formula is C59H112N2O6P+. The second-order valence-electron chi connectivity index (χ2n) is 20.6. The number of hydrogen-bond donors (Lipinski definition) is 3. The Morgan fingerprint density at radius 2 is 0.853 bits per heavy atom. The molecule has 68 heavy (non-hydrogen) atoms. The summed E-state index contributed by atoms with van der Waals surface area (Å²) in [7, 11) is 1.55. The average molecular weight is 977 g/mol. The van der Waals surface area contributed by atoms with Gasteiger partial charge in [0.05, 0.1) is 39.9 Å². The summed E-state index contributed by atoms with van der Waals surface area (Å²) < 4.78 is 23.7. The highest BCUT2D eigenvalue weighted by Crippen LogP contribution is 2.43. The van der Waals surface area contributed by atoms with E-state index < -0.39 is 20.0 Å². The minimum absolute atomic E-state index is 0.0522. The molecule has 0 heterocycles. The van der Waals surface area contributed by atoms with Crippen LogP contribution < -0.4 is 5.32 Å². The monoisotopic (exact) mass is 976 g/mol. The number of carbonyl (C=O) groups excluding carboxylic acids is 1. The van der Waals surface area contributed by atoms with Crippen molar-refractivity contribution < 1.29 is 32.9 Å². The zero-order valence-corrected chi connectivity index (χ0v) is 46.2. The number of carbonyl (C=O) groups is 1. The van der Waals surface area contributed by atoms with Gasteiger partial charge in [0, 0.05) is 6.42 Å². The molecular weight excluding hydrogens is 864 g/mol. The number of nitrogens with one attached hydrogen (secondary N) is 1. The lowest BCUT2D eigenvalue weighted by atomic mass is 10.0. The van der Waals surface area contributed by atoms with Crippen molar-refractivity contribution in [2.75, 3.05) is 40.9 Å². The molecule has 0 rings (SSSR count). The number of phosphoric ester groups is 1. The van der Waals surface area contributed by atoms with Gasteiger partial charge in [0.25, 0.3) is 0 Å². The maximum absolute atomic E-state index is 13.0. The molecule has 9 heteroatoms. The molecule has 0 aliphatic heterocycles. The van der Waals surface area contributed by atoms with E-state index in [1.165, 1.54) is 186 Å². The van der Waals surface area contributed by atoms with Gasteiger partial charge in [-0.05, 0) is 77.0 Å². The quantitative estimate of drug-likeness (QED) is 0.0243. The molecule has 1 amide bonds. The van der Waals surface area contributed by atoms with Crippen LogP contribution >= 0.6 is 7.82 Å². The number of allylic oxidation sites excluding steroid dienone is 9. The molecule has 0 aliphatic carbocycles. The largest absolute Gasteiger partial charge is 0.472 e. The van der Waals surface area contributed by atoms with Gasteiger partial charge in [-0.1, -0.05) is 235 Å². The molecule has 0 saturated carbocycles. The number of nitrogens with zero attached hydrogens (tertiary/aromatic N) is 1. The minimum Gasteiger partial charge on any atom is -0.387 e. The number of likely N-dealkylation sites (N-methyl/N-ethyl adjacent to an activating group) is 1. The van der Waals surface area contributed by atoms with Crippen LogP contribution in [0.1, 0.15) is 258 Å². The fourth-order valence-corrected chi connectivity index (χ4v) is 8.90. The van der Waals surface area contributed by atoms with Crippen LogP contribution in [0.5, 0.6) is 0 Å². The van der Waals surface area contributed by atoms with E-state index in [4.69, 9.17) is 9.05 Å². The van der Waals surface area contributed by atoms with E-state index in [-0.39, 0.29) is 19.1 Å². The van der Waals surface area contributed by atoms with E-state index in [1.54, 1.807) is 6.08 Å². The Balaban J connectivity index is 4.28. The molecule has 8 nitrogen and oxygen atoms in total. The number of quaternary nitrogens is 1. The molecule has 3 N–H and O–H groups in total. The number of aliphatic hydroxyl groups is 1. The molecule has 0 aromatic rings. The smallest absolute Gasteiger partial charge is 0.387 e. The van der Waals surface area contributed by atoms with Crippen molar-refractivity contribution in [3.63, 3.8) is 0 Å². The summed E-state index contributed by atoms with van der Waals surface area (Å²) >= 11 is 0. The zero-order valence-electron chi connectivity index (χ0n) is 45.3. The maximum atomic E-state index is 13.0. The van der Waals surface area contributed by atoms with E-state index in [0.29, 0.717) is 17.4 Å². The van der Waals surface area contributed by atoms with Gasteiger partial charge < -0.3 is 19.8 Å². The Morgan fingerprint density at radius 3 is 1.26 bits per heavy atom. The fourth-order valence-electron chi connectivity index (χ4n) is 8.16. The maximum Gasteiger partial charge on any atom is 0.472 e. The Bertz CT molecular complexity index is 1290. The average Bonchev–Trinajstić information content (AvgIpc) is 3.30. The van der Waals surface area contributed by atoms with Crippen molar-refractivity contribution in [3.8, 4) is 0 Å². The topological polar surface area (TPSA) is 105 Å². The van der Waals surface area contributed by atoms with Crippen LogP contribution in [0.15, 0.2) is 60.8 Å². The van der Waals surface area contributed by atoms with Gasteiger partial charge >= 0.3 is 7.82 Å². The summed E-state index contributed by atoms with van der Waals surface area (Å²) in [5.74, 6) is -0.191. The highest BCUT2D eigenvalue weighted by atomic mass is 31.2. The minimum atomic E-state index is -4.36. The molecule has 0 aromatic carbocycles. The summed E-state index contributed by atoms with van der Waals surface area (Å²) in [6.07, 6.45) is 67.5. The van der Waals surface area contributed by atoms with Gasteiger partial charge in [0.2, 0.25) is 5.91 Å². The van der Waals surface area contributed by atoms with Crippen molar-refractivity contribution in [2.24, 2.45) is 0 Å². The number of amides is 1. The molecule has 0 fully saturated rings. The van der Waals surface area contributed by atoms with Crippen molar-refractivity contribution >= 4 is 13.7 Å². The first-order valence-electron chi connectivity index (χ1n) is 28.7. The first kappa shape index (κ1) is 66.2. The lowest BCUT2D eigenvalue weighted by Gasteiger charge is -2.25. The summed E-state index contributed by atoms with van der Waals surface area (Å²) in [6, 6.07) is -0.872. The van der Waals surface area contributed by atoms with Crippen molar-refractivity contribution in [1.82, 2.24) is 5.32 Å². The van der Waals surface area contributed by atoms with Crippen LogP contribution in [-0.4, -0.2) is 73.4 Å². The molecule has 3 unspecified atom stereocenters. The van der Waals surface area contributed by atoms with Gasteiger partial charge in [0.15, 0.2) is 0 Å². The summed E-state index contributed by atoms with van der Waals surface area (Å²) in [5, 5.41) is 13.9. The highest BCUT2D eigenvalue weighted by molar-refractivity contribution is 7.47. The van der Waals surface area contributed by atoms with E-state index in [0.717, 1.165) is 51.4 Å². The van der Waals surface area contributed by atoms with Crippen LogP contribution in [0.3, 0.4) is 0 Å². The van der Waals surface area contributed by atoms with E-state index in [1.807, 2.05) is 27.2 Å². The highest BCUT2D eigenvalue weighted by Gasteiger charge is 2.27. The van der Waals surface area contributed by atoms with Crippen LogP contribution in [0.2, 0.25) is 0 Å².